The first-order valence-electron chi connectivity index (χ1n) is 9.31. The maximum Gasteiger partial charge on any atom is 0.337 e. The van der Waals surface area contributed by atoms with Crippen LogP contribution in [0, 0.1) is 6.92 Å². The molecule has 0 bridgehead atoms. The largest absolute Gasteiger partial charge is 0.465 e. The zero-order valence-corrected chi connectivity index (χ0v) is 17.8. The fraction of sp³-hybridized carbons (Fsp3) is 0.0800. The number of benzene rings is 3. The molecule has 29 heavy (non-hydrogen) atoms. The quantitative estimate of drug-likeness (QED) is 0.328. The SMILES string of the molecule is COC(=O)c1cccc(-c2ccc(-c3ccc(Br)cc3)n2-c2ccccc2C)c1. The number of ether oxygens (including phenoxy) is 1. The number of halogens is 1. The minimum absolute atomic E-state index is 0.339. The molecule has 144 valence electrons. The van der Waals surface area contributed by atoms with Gasteiger partial charge >= 0.3 is 5.97 Å². The summed E-state index contributed by atoms with van der Waals surface area (Å²) in [6.07, 6.45) is 0. The highest BCUT2D eigenvalue weighted by atomic mass is 79.9. The summed E-state index contributed by atoms with van der Waals surface area (Å²) >= 11 is 3.51. The molecule has 0 unspecified atom stereocenters. The second-order valence-electron chi connectivity index (χ2n) is 6.80. The van der Waals surface area contributed by atoms with E-state index >= 15 is 0 Å². The lowest BCUT2D eigenvalue weighted by molar-refractivity contribution is 0.0601. The Morgan fingerprint density at radius 3 is 2.21 bits per heavy atom. The van der Waals surface area contributed by atoms with Gasteiger partial charge in [0.1, 0.15) is 0 Å². The van der Waals surface area contributed by atoms with E-state index in [9.17, 15) is 4.79 Å². The van der Waals surface area contributed by atoms with Crippen LogP contribution in [0.1, 0.15) is 15.9 Å². The number of aromatic nitrogens is 1. The lowest BCUT2D eigenvalue weighted by Crippen LogP contribution is -2.03. The molecule has 0 aliphatic heterocycles. The van der Waals surface area contributed by atoms with Crippen LogP contribution in [-0.4, -0.2) is 17.6 Å². The van der Waals surface area contributed by atoms with Crippen molar-refractivity contribution in [2.45, 2.75) is 6.92 Å². The Balaban J connectivity index is 1.95. The number of carbonyl (C=O) groups is 1. The van der Waals surface area contributed by atoms with E-state index in [1.54, 1.807) is 6.07 Å². The van der Waals surface area contributed by atoms with Crippen LogP contribution < -0.4 is 0 Å². The summed E-state index contributed by atoms with van der Waals surface area (Å²) in [7, 11) is 1.40. The Kier molecular flexibility index (Phi) is 5.36. The molecule has 0 saturated carbocycles. The fourth-order valence-electron chi connectivity index (χ4n) is 3.51. The smallest absolute Gasteiger partial charge is 0.337 e. The van der Waals surface area contributed by atoms with Gasteiger partial charge < -0.3 is 9.30 Å². The molecule has 0 aliphatic carbocycles. The first kappa shape index (κ1) is 19.2. The first-order chi connectivity index (χ1) is 14.1. The van der Waals surface area contributed by atoms with Crippen LogP contribution in [0.4, 0.5) is 0 Å². The molecular weight excluding hydrogens is 426 g/mol. The van der Waals surface area contributed by atoms with Gasteiger partial charge in [0.05, 0.1) is 24.1 Å². The summed E-state index contributed by atoms with van der Waals surface area (Å²) < 4.78 is 8.18. The third kappa shape index (κ3) is 3.76. The van der Waals surface area contributed by atoms with Crippen molar-refractivity contribution in [3.8, 4) is 28.2 Å². The van der Waals surface area contributed by atoms with Crippen molar-refractivity contribution in [2.24, 2.45) is 0 Å². The van der Waals surface area contributed by atoms with E-state index < -0.39 is 0 Å². The van der Waals surface area contributed by atoms with E-state index in [0.29, 0.717) is 5.56 Å². The highest BCUT2D eigenvalue weighted by Gasteiger charge is 2.16. The van der Waals surface area contributed by atoms with Crippen LogP contribution >= 0.6 is 15.9 Å². The zero-order chi connectivity index (χ0) is 20.4. The molecule has 0 amide bonds. The minimum Gasteiger partial charge on any atom is -0.465 e. The molecule has 0 fully saturated rings. The number of aryl methyl sites for hydroxylation is 1. The van der Waals surface area contributed by atoms with Crippen molar-refractivity contribution in [3.05, 3.63) is 101 Å². The van der Waals surface area contributed by atoms with Gasteiger partial charge in [0.15, 0.2) is 0 Å². The maximum atomic E-state index is 12.0. The van der Waals surface area contributed by atoms with Crippen molar-refractivity contribution >= 4 is 21.9 Å². The number of rotatable bonds is 4. The van der Waals surface area contributed by atoms with Crippen molar-refractivity contribution in [1.82, 2.24) is 4.57 Å². The molecule has 0 saturated heterocycles. The average Bonchev–Trinajstić information content (AvgIpc) is 3.19. The summed E-state index contributed by atoms with van der Waals surface area (Å²) in [4.78, 5) is 12.0. The molecule has 3 aromatic carbocycles. The van der Waals surface area contributed by atoms with E-state index in [1.165, 1.54) is 12.7 Å². The molecule has 4 aromatic rings. The Bertz CT molecular complexity index is 1180. The van der Waals surface area contributed by atoms with Gasteiger partial charge in [-0.3, -0.25) is 0 Å². The molecule has 0 atom stereocenters. The van der Waals surface area contributed by atoms with Gasteiger partial charge in [0, 0.05) is 10.2 Å². The highest BCUT2D eigenvalue weighted by Crippen LogP contribution is 2.34. The number of esters is 1. The standard InChI is InChI=1S/C25H20BrNO2/c1-17-6-3-4-9-22(17)27-23(18-10-12-21(26)13-11-18)14-15-24(27)19-7-5-8-20(16-19)25(28)29-2/h3-16H,1-2H3. The van der Waals surface area contributed by atoms with Gasteiger partial charge in [0.25, 0.3) is 0 Å². The molecule has 0 radical (unpaired) electrons. The monoisotopic (exact) mass is 445 g/mol. The van der Waals surface area contributed by atoms with Gasteiger partial charge in [-0.1, -0.05) is 58.4 Å². The second kappa shape index (κ2) is 8.10. The molecule has 0 N–H and O–H groups in total. The normalized spacial score (nSPS) is 10.7. The van der Waals surface area contributed by atoms with Gasteiger partial charge in [0.2, 0.25) is 0 Å². The predicted molar refractivity (Wildman–Crippen MR) is 120 cm³/mol. The topological polar surface area (TPSA) is 31.2 Å². The van der Waals surface area contributed by atoms with Gasteiger partial charge in [-0.15, -0.1) is 0 Å². The molecule has 0 spiro atoms. The Morgan fingerprint density at radius 1 is 0.828 bits per heavy atom. The van der Waals surface area contributed by atoms with Gasteiger partial charge in [-0.2, -0.15) is 0 Å². The summed E-state index contributed by atoms with van der Waals surface area (Å²) in [6, 6.07) is 28.4. The van der Waals surface area contributed by atoms with Crippen LogP contribution in [0.5, 0.6) is 0 Å². The van der Waals surface area contributed by atoms with E-state index in [0.717, 1.165) is 32.7 Å². The van der Waals surface area contributed by atoms with Crippen LogP contribution in [0.3, 0.4) is 0 Å². The summed E-state index contributed by atoms with van der Waals surface area (Å²) in [5.41, 5.74) is 6.99. The minimum atomic E-state index is -0.339. The molecule has 1 aromatic heterocycles. The summed E-state index contributed by atoms with van der Waals surface area (Å²) in [6.45, 7) is 2.11. The van der Waals surface area contributed by atoms with Crippen LogP contribution in [-0.2, 0) is 4.74 Å². The highest BCUT2D eigenvalue weighted by molar-refractivity contribution is 9.10. The third-order valence-electron chi connectivity index (χ3n) is 4.96. The lowest BCUT2D eigenvalue weighted by Gasteiger charge is -2.17. The number of methoxy groups -OCH3 is 1. The molecule has 3 nitrogen and oxygen atoms in total. The Hall–Kier alpha value is -3.11. The molecule has 1 heterocycles. The third-order valence-corrected chi connectivity index (χ3v) is 5.49. The van der Waals surface area contributed by atoms with Crippen molar-refractivity contribution in [1.29, 1.82) is 0 Å². The molecule has 4 rings (SSSR count). The number of carbonyl (C=O) groups excluding carboxylic acids is 1. The summed E-state index contributed by atoms with van der Waals surface area (Å²) in [5, 5.41) is 0. The number of nitrogens with zero attached hydrogens (tertiary/aromatic N) is 1. The van der Waals surface area contributed by atoms with Crippen LogP contribution in [0.25, 0.3) is 28.2 Å². The molecule has 4 heteroatoms. The first-order valence-corrected chi connectivity index (χ1v) is 10.1. The Labute approximate surface area is 178 Å². The number of hydrogen-bond donors (Lipinski definition) is 0. The number of hydrogen-bond acceptors (Lipinski definition) is 2. The zero-order valence-electron chi connectivity index (χ0n) is 16.2. The maximum absolute atomic E-state index is 12.0. The average molecular weight is 446 g/mol. The summed E-state index contributed by atoms with van der Waals surface area (Å²) in [5.74, 6) is -0.339. The molecule has 0 aliphatic rings. The Morgan fingerprint density at radius 2 is 1.52 bits per heavy atom. The molecular formula is C25H20BrNO2. The van der Waals surface area contributed by atoms with Gasteiger partial charge in [-0.25, -0.2) is 4.79 Å². The van der Waals surface area contributed by atoms with Crippen LogP contribution in [0.2, 0.25) is 0 Å². The second-order valence-corrected chi connectivity index (χ2v) is 7.72. The van der Waals surface area contributed by atoms with E-state index in [2.05, 4.69) is 63.8 Å². The van der Waals surface area contributed by atoms with E-state index in [4.69, 9.17) is 4.74 Å². The van der Waals surface area contributed by atoms with Crippen molar-refractivity contribution in [2.75, 3.05) is 7.11 Å². The van der Waals surface area contributed by atoms with E-state index in [-0.39, 0.29) is 5.97 Å². The number of para-hydroxylation sites is 1. The fourth-order valence-corrected chi connectivity index (χ4v) is 3.77. The van der Waals surface area contributed by atoms with E-state index in [1.807, 2.05) is 42.5 Å². The van der Waals surface area contributed by atoms with Crippen molar-refractivity contribution < 1.29 is 9.53 Å². The van der Waals surface area contributed by atoms with Crippen LogP contribution in [0.15, 0.2) is 89.4 Å². The predicted octanol–water partition coefficient (Wildman–Crippen LogP) is 6.67. The lowest BCUT2D eigenvalue weighted by atomic mass is 10.1. The van der Waals surface area contributed by atoms with Gasteiger partial charge in [-0.05, 0) is 66.1 Å². The van der Waals surface area contributed by atoms with Crippen molar-refractivity contribution in [3.63, 3.8) is 0 Å².